The van der Waals surface area contributed by atoms with Gasteiger partial charge in [-0.25, -0.2) is 9.59 Å². The first-order chi connectivity index (χ1) is 7.92. The number of aliphatic carboxylic acids is 1. The zero-order chi connectivity index (χ0) is 12.9. The molecule has 0 spiro atoms. The third-order valence-electron chi connectivity index (χ3n) is 1.99. The van der Waals surface area contributed by atoms with Crippen LogP contribution in [-0.2, 0) is 11.2 Å². The van der Waals surface area contributed by atoms with Gasteiger partial charge in [-0.3, -0.25) is 0 Å². The van der Waals surface area contributed by atoms with Crippen LogP contribution in [-0.4, -0.2) is 39.3 Å². The highest BCUT2D eigenvalue weighted by atomic mass is 16.5. The Bertz CT molecular complexity index is 388. The molecule has 1 heterocycles. The molecule has 2 amide bonds. The molecule has 1 rings (SSSR count). The molecule has 17 heavy (non-hydrogen) atoms. The van der Waals surface area contributed by atoms with E-state index in [1.165, 1.54) is 20.2 Å². The fourth-order valence-electron chi connectivity index (χ4n) is 0.971. The van der Waals surface area contributed by atoms with Crippen molar-refractivity contribution in [3.63, 3.8) is 0 Å². The van der Waals surface area contributed by atoms with Crippen molar-refractivity contribution in [3.05, 3.63) is 12.2 Å². The molecular formula is C9H14N4O4. The van der Waals surface area contributed by atoms with Crippen LogP contribution >= 0.6 is 0 Å². The van der Waals surface area contributed by atoms with E-state index in [0.717, 1.165) is 0 Å². The lowest BCUT2D eigenvalue weighted by Gasteiger charge is -2.20. The van der Waals surface area contributed by atoms with Crippen molar-refractivity contribution in [2.45, 2.75) is 25.8 Å². The lowest BCUT2D eigenvalue weighted by molar-refractivity contribution is -0.142. The maximum absolute atomic E-state index is 11.3. The average Bonchev–Trinajstić information content (AvgIpc) is 2.69. The normalized spacial score (nSPS) is 10.9. The van der Waals surface area contributed by atoms with Crippen molar-refractivity contribution in [1.82, 2.24) is 20.8 Å². The van der Waals surface area contributed by atoms with Crippen LogP contribution in [0.5, 0.6) is 0 Å². The molecule has 8 heteroatoms. The monoisotopic (exact) mass is 242 g/mol. The van der Waals surface area contributed by atoms with Gasteiger partial charge in [0.15, 0.2) is 6.33 Å². The van der Waals surface area contributed by atoms with Crippen LogP contribution in [0.25, 0.3) is 0 Å². The van der Waals surface area contributed by atoms with Crippen LogP contribution in [0, 0.1) is 0 Å². The zero-order valence-electron chi connectivity index (χ0n) is 9.56. The molecule has 8 nitrogen and oxygen atoms in total. The molecule has 0 aliphatic rings. The first-order valence-corrected chi connectivity index (χ1v) is 4.97. The third kappa shape index (κ3) is 4.09. The van der Waals surface area contributed by atoms with E-state index >= 15 is 0 Å². The second kappa shape index (κ2) is 5.28. The molecule has 0 saturated carbocycles. The predicted molar refractivity (Wildman–Crippen MR) is 56.3 cm³/mol. The van der Waals surface area contributed by atoms with Gasteiger partial charge >= 0.3 is 12.0 Å². The minimum absolute atomic E-state index is 0.281. The number of carboxylic acids is 1. The summed E-state index contributed by atoms with van der Waals surface area (Å²) < 4.78 is 4.73. The van der Waals surface area contributed by atoms with Gasteiger partial charge in [-0.1, -0.05) is 5.16 Å². The fourth-order valence-corrected chi connectivity index (χ4v) is 0.971. The molecule has 94 valence electrons. The Morgan fingerprint density at radius 2 is 2.24 bits per heavy atom. The number of amides is 2. The van der Waals surface area contributed by atoms with Gasteiger partial charge in [-0.2, -0.15) is 4.98 Å². The van der Waals surface area contributed by atoms with E-state index in [0.29, 0.717) is 12.3 Å². The molecule has 0 aliphatic carbocycles. The summed E-state index contributed by atoms with van der Waals surface area (Å²) in [6, 6.07) is -0.558. The lowest BCUT2D eigenvalue weighted by Crippen LogP contribution is -2.53. The summed E-state index contributed by atoms with van der Waals surface area (Å²) in [6.07, 6.45) is 1.66. The molecule has 0 atom stereocenters. The van der Waals surface area contributed by atoms with Gasteiger partial charge in [0.2, 0.25) is 5.89 Å². The zero-order valence-corrected chi connectivity index (χ0v) is 9.56. The fraction of sp³-hybridized carbons (Fsp3) is 0.556. The molecule has 0 aliphatic heterocycles. The summed E-state index contributed by atoms with van der Waals surface area (Å²) in [5, 5.41) is 17.0. The molecule has 0 radical (unpaired) electrons. The molecule has 0 saturated heterocycles. The van der Waals surface area contributed by atoms with Crippen molar-refractivity contribution < 1.29 is 19.2 Å². The van der Waals surface area contributed by atoms with Crippen molar-refractivity contribution in [2.75, 3.05) is 6.54 Å². The second-order valence-corrected chi connectivity index (χ2v) is 3.90. The Kier molecular flexibility index (Phi) is 4.02. The quantitative estimate of drug-likeness (QED) is 0.656. The number of carboxylic acid groups (broad SMARTS) is 1. The molecule has 3 N–H and O–H groups in total. The van der Waals surface area contributed by atoms with Gasteiger partial charge in [0.05, 0.1) is 0 Å². The maximum atomic E-state index is 11.3. The predicted octanol–water partition coefficient (Wildman–Crippen LogP) is -0.225. The number of hydrogen-bond donors (Lipinski definition) is 3. The second-order valence-electron chi connectivity index (χ2n) is 3.90. The van der Waals surface area contributed by atoms with E-state index in [9.17, 15) is 9.59 Å². The lowest BCUT2D eigenvalue weighted by atomic mass is 10.1. The van der Waals surface area contributed by atoms with Gasteiger partial charge in [0, 0.05) is 13.0 Å². The number of urea groups is 1. The Hall–Kier alpha value is -2.12. The van der Waals surface area contributed by atoms with Crippen molar-refractivity contribution in [3.8, 4) is 0 Å². The van der Waals surface area contributed by atoms with Crippen LogP contribution in [0.3, 0.4) is 0 Å². The highest BCUT2D eigenvalue weighted by Gasteiger charge is 2.28. The van der Waals surface area contributed by atoms with E-state index in [4.69, 9.17) is 9.63 Å². The highest BCUT2D eigenvalue weighted by molar-refractivity contribution is 5.85. The summed E-state index contributed by atoms with van der Waals surface area (Å²) in [4.78, 5) is 25.9. The average molecular weight is 242 g/mol. The number of hydrogen-bond acceptors (Lipinski definition) is 5. The van der Waals surface area contributed by atoms with Gasteiger partial charge in [0.1, 0.15) is 5.54 Å². The summed E-state index contributed by atoms with van der Waals surface area (Å²) in [5.74, 6) is -0.702. The summed E-state index contributed by atoms with van der Waals surface area (Å²) >= 11 is 0. The van der Waals surface area contributed by atoms with Crippen LogP contribution in [0.15, 0.2) is 10.9 Å². The molecule has 0 unspecified atom stereocenters. The minimum Gasteiger partial charge on any atom is -0.480 e. The molecule has 0 fully saturated rings. The van der Waals surface area contributed by atoms with Crippen molar-refractivity contribution in [2.24, 2.45) is 0 Å². The van der Waals surface area contributed by atoms with Crippen molar-refractivity contribution in [1.29, 1.82) is 0 Å². The van der Waals surface area contributed by atoms with E-state index < -0.39 is 17.5 Å². The van der Waals surface area contributed by atoms with Gasteiger partial charge in [0.25, 0.3) is 0 Å². The van der Waals surface area contributed by atoms with Gasteiger partial charge in [-0.15, -0.1) is 0 Å². The molecule has 1 aromatic rings. The van der Waals surface area contributed by atoms with E-state index in [1.807, 2.05) is 0 Å². The largest absolute Gasteiger partial charge is 0.480 e. The van der Waals surface area contributed by atoms with E-state index in [-0.39, 0.29) is 6.54 Å². The summed E-state index contributed by atoms with van der Waals surface area (Å²) in [7, 11) is 0. The van der Waals surface area contributed by atoms with Crippen LogP contribution < -0.4 is 10.6 Å². The third-order valence-corrected chi connectivity index (χ3v) is 1.99. The van der Waals surface area contributed by atoms with Crippen LogP contribution in [0.2, 0.25) is 0 Å². The molecular weight excluding hydrogens is 228 g/mol. The number of carbonyl (C=O) groups excluding carboxylic acids is 1. The van der Waals surface area contributed by atoms with Crippen LogP contribution in [0.1, 0.15) is 19.7 Å². The Morgan fingerprint density at radius 3 is 2.76 bits per heavy atom. The minimum atomic E-state index is -1.31. The smallest absolute Gasteiger partial charge is 0.328 e. The van der Waals surface area contributed by atoms with Crippen molar-refractivity contribution >= 4 is 12.0 Å². The maximum Gasteiger partial charge on any atom is 0.328 e. The SMILES string of the molecule is CC(C)(NC(=O)NCCc1ncno1)C(=O)O. The number of nitrogens with zero attached hydrogens (tertiary/aromatic N) is 2. The Balaban J connectivity index is 2.28. The number of rotatable bonds is 5. The molecule has 0 aromatic carbocycles. The topological polar surface area (TPSA) is 117 Å². The van der Waals surface area contributed by atoms with Crippen LogP contribution in [0.4, 0.5) is 4.79 Å². The Labute approximate surface area is 97.4 Å². The van der Waals surface area contributed by atoms with E-state index in [1.54, 1.807) is 0 Å². The standard InChI is InChI=1S/C9H14N4O4/c1-9(2,7(14)15)13-8(16)10-4-3-6-11-5-12-17-6/h5H,3-4H2,1-2H3,(H,14,15)(H2,10,13,16). The Morgan fingerprint density at radius 1 is 1.53 bits per heavy atom. The summed E-state index contributed by atoms with van der Waals surface area (Å²) in [5.41, 5.74) is -1.31. The van der Waals surface area contributed by atoms with E-state index in [2.05, 4.69) is 20.8 Å². The summed E-state index contributed by atoms with van der Waals surface area (Å²) in [6.45, 7) is 3.07. The first kappa shape index (κ1) is 12.9. The molecule has 0 bridgehead atoms. The van der Waals surface area contributed by atoms with Gasteiger partial charge < -0.3 is 20.3 Å². The molecule has 1 aromatic heterocycles. The number of nitrogens with one attached hydrogen (secondary N) is 2. The first-order valence-electron chi connectivity index (χ1n) is 4.97. The highest BCUT2D eigenvalue weighted by Crippen LogP contribution is 2.00. The number of aromatic nitrogens is 2. The number of carbonyl (C=O) groups is 2. The van der Waals surface area contributed by atoms with Gasteiger partial charge in [-0.05, 0) is 13.8 Å².